The first-order chi connectivity index (χ1) is 12.8. The molecule has 1 aromatic heterocycles. The number of hydrogen-bond acceptors (Lipinski definition) is 4. The highest BCUT2D eigenvalue weighted by atomic mass is 16.5. The number of pyridine rings is 1. The van der Waals surface area contributed by atoms with Crippen molar-refractivity contribution in [3.8, 4) is 11.5 Å². The largest absolute Gasteiger partial charge is 0.493 e. The fraction of sp³-hybridized carbons (Fsp3) is 0.409. The van der Waals surface area contributed by atoms with Crippen molar-refractivity contribution >= 4 is 27.5 Å². The molecular weight excluding hydrogens is 324 g/mol. The molecule has 1 aliphatic carbocycles. The Balaban J connectivity index is 1.91. The molecule has 4 heteroatoms. The van der Waals surface area contributed by atoms with Crippen LogP contribution in [0.25, 0.3) is 21.8 Å². The Labute approximate surface area is 154 Å². The number of hydrogen-bond donors (Lipinski definition) is 1. The van der Waals surface area contributed by atoms with E-state index in [-0.39, 0.29) is 0 Å². The minimum absolute atomic E-state index is 0.523. The van der Waals surface area contributed by atoms with Gasteiger partial charge in [0.25, 0.3) is 0 Å². The molecule has 2 aromatic carbocycles. The van der Waals surface area contributed by atoms with Gasteiger partial charge in [-0.1, -0.05) is 37.5 Å². The van der Waals surface area contributed by atoms with E-state index >= 15 is 0 Å². The number of ether oxygens (including phenoxy) is 2. The van der Waals surface area contributed by atoms with Crippen molar-refractivity contribution in [2.75, 3.05) is 19.0 Å². The molecule has 3 aromatic rings. The maximum absolute atomic E-state index is 5.75. The number of benzene rings is 2. The molecule has 26 heavy (non-hydrogen) atoms. The smallest absolute Gasteiger partial charge is 0.163 e. The fourth-order valence-corrected chi connectivity index (χ4v) is 3.93. The molecule has 0 radical (unpaired) electrons. The van der Waals surface area contributed by atoms with Crippen LogP contribution in [-0.2, 0) is 0 Å². The number of nitrogens with zero attached hydrogens (tertiary/aromatic N) is 1. The average molecular weight is 350 g/mol. The van der Waals surface area contributed by atoms with E-state index in [2.05, 4.69) is 29.6 Å². The fourth-order valence-electron chi connectivity index (χ4n) is 3.93. The minimum Gasteiger partial charge on any atom is -0.493 e. The van der Waals surface area contributed by atoms with Crippen molar-refractivity contribution in [2.45, 2.75) is 45.1 Å². The molecule has 0 atom stereocenters. The molecular formula is C22H26N2O2. The molecule has 0 amide bonds. The van der Waals surface area contributed by atoms with Crippen LogP contribution >= 0.6 is 0 Å². The zero-order chi connectivity index (χ0) is 17.9. The molecule has 1 fully saturated rings. The molecule has 0 saturated heterocycles. The summed E-state index contributed by atoms with van der Waals surface area (Å²) in [6, 6.07) is 12.9. The topological polar surface area (TPSA) is 43.4 Å². The van der Waals surface area contributed by atoms with Gasteiger partial charge in [0, 0.05) is 22.9 Å². The maximum Gasteiger partial charge on any atom is 0.163 e. The lowest BCUT2D eigenvalue weighted by atomic mass is 9.94. The molecule has 1 heterocycles. The summed E-state index contributed by atoms with van der Waals surface area (Å²) in [6.07, 6.45) is 6.41. The summed E-state index contributed by atoms with van der Waals surface area (Å²) in [5, 5.41) is 6.09. The van der Waals surface area contributed by atoms with E-state index in [0.717, 1.165) is 33.3 Å². The predicted octanol–water partition coefficient (Wildman–Crippen LogP) is 5.54. The number of aromatic nitrogens is 1. The zero-order valence-electron chi connectivity index (χ0n) is 15.5. The second-order valence-electron chi connectivity index (χ2n) is 6.94. The first-order valence-electron chi connectivity index (χ1n) is 9.60. The first kappa shape index (κ1) is 17.0. The molecule has 0 spiro atoms. The summed E-state index contributed by atoms with van der Waals surface area (Å²) in [5.41, 5.74) is 3.11. The Morgan fingerprint density at radius 3 is 2.58 bits per heavy atom. The standard InChI is InChI=1S/C22H26N2O2/c1-3-26-21-14-19-17(13-20(21)25-2)22(23-15-9-5-4-6-10-15)16-11-7-8-12-18(16)24-19/h7-8,11-15H,3-6,9-10H2,1-2H3,(H,23,24). The van der Waals surface area contributed by atoms with Gasteiger partial charge in [0.2, 0.25) is 0 Å². The average Bonchev–Trinajstić information content (AvgIpc) is 2.68. The summed E-state index contributed by atoms with van der Waals surface area (Å²) < 4.78 is 11.3. The van der Waals surface area contributed by atoms with Crippen molar-refractivity contribution < 1.29 is 9.47 Å². The van der Waals surface area contributed by atoms with Gasteiger partial charge >= 0.3 is 0 Å². The van der Waals surface area contributed by atoms with Crippen LogP contribution in [0.4, 0.5) is 5.69 Å². The third-order valence-corrected chi connectivity index (χ3v) is 5.22. The maximum atomic E-state index is 5.75. The quantitative estimate of drug-likeness (QED) is 0.614. The molecule has 136 valence electrons. The van der Waals surface area contributed by atoms with Crippen LogP contribution < -0.4 is 14.8 Å². The third-order valence-electron chi connectivity index (χ3n) is 5.22. The highest BCUT2D eigenvalue weighted by Crippen LogP contribution is 2.39. The Morgan fingerprint density at radius 1 is 1.00 bits per heavy atom. The third kappa shape index (κ3) is 3.16. The van der Waals surface area contributed by atoms with Gasteiger partial charge in [-0.15, -0.1) is 0 Å². The number of nitrogens with one attached hydrogen (secondary N) is 1. The van der Waals surface area contributed by atoms with Gasteiger partial charge in [-0.05, 0) is 31.9 Å². The second kappa shape index (κ2) is 7.40. The first-order valence-corrected chi connectivity index (χ1v) is 9.60. The lowest BCUT2D eigenvalue weighted by Crippen LogP contribution is -2.22. The van der Waals surface area contributed by atoms with Crippen molar-refractivity contribution in [1.29, 1.82) is 0 Å². The summed E-state index contributed by atoms with van der Waals surface area (Å²) >= 11 is 0. The lowest BCUT2D eigenvalue weighted by molar-refractivity contribution is 0.311. The van der Waals surface area contributed by atoms with Crippen LogP contribution in [0.3, 0.4) is 0 Å². The van der Waals surface area contributed by atoms with Crippen molar-refractivity contribution in [2.24, 2.45) is 0 Å². The Bertz CT molecular complexity index is 917. The molecule has 4 nitrogen and oxygen atoms in total. The Kier molecular flexibility index (Phi) is 4.83. The molecule has 4 rings (SSSR count). The van der Waals surface area contributed by atoms with E-state index in [9.17, 15) is 0 Å². The van der Waals surface area contributed by atoms with Gasteiger partial charge in [0.05, 0.1) is 30.4 Å². The van der Waals surface area contributed by atoms with Crippen LogP contribution in [-0.4, -0.2) is 24.7 Å². The van der Waals surface area contributed by atoms with Gasteiger partial charge in [0.15, 0.2) is 11.5 Å². The van der Waals surface area contributed by atoms with Gasteiger partial charge in [-0.2, -0.15) is 0 Å². The van der Waals surface area contributed by atoms with E-state index in [1.54, 1.807) is 7.11 Å². The zero-order valence-corrected chi connectivity index (χ0v) is 15.5. The molecule has 1 N–H and O–H groups in total. The summed E-state index contributed by atoms with van der Waals surface area (Å²) in [7, 11) is 1.69. The summed E-state index contributed by atoms with van der Waals surface area (Å²) in [4.78, 5) is 4.87. The van der Waals surface area contributed by atoms with E-state index in [0.29, 0.717) is 12.6 Å². The molecule has 0 aliphatic heterocycles. The molecule has 1 aliphatic rings. The highest BCUT2D eigenvalue weighted by Gasteiger charge is 2.18. The summed E-state index contributed by atoms with van der Waals surface area (Å²) in [6.45, 7) is 2.58. The van der Waals surface area contributed by atoms with Crippen molar-refractivity contribution in [1.82, 2.24) is 4.98 Å². The van der Waals surface area contributed by atoms with Crippen molar-refractivity contribution in [3.05, 3.63) is 36.4 Å². The highest BCUT2D eigenvalue weighted by molar-refractivity contribution is 6.08. The number of anilines is 1. The SMILES string of the molecule is CCOc1cc2nc3ccccc3c(NC3CCCCC3)c2cc1OC. The number of para-hydroxylation sites is 1. The van der Waals surface area contributed by atoms with Crippen LogP contribution in [0.5, 0.6) is 11.5 Å². The van der Waals surface area contributed by atoms with Crippen molar-refractivity contribution in [3.63, 3.8) is 0 Å². The normalized spacial score (nSPS) is 15.3. The van der Waals surface area contributed by atoms with Crippen LogP contribution in [0.1, 0.15) is 39.0 Å². The van der Waals surface area contributed by atoms with Gasteiger partial charge in [0.1, 0.15) is 0 Å². The second-order valence-corrected chi connectivity index (χ2v) is 6.94. The minimum atomic E-state index is 0.523. The van der Waals surface area contributed by atoms with Gasteiger partial charge in [-0.3, -0.25) is 0 Å². The van der Waals surface area contributed by atoms with Crippen LogP contribution in [0, 0.1) is 0 Å². The molecule has 1 saturated carbocycles. The van der Waals surface area contributed by atoms with Crippen LogP contribution in [0.15, 0.2) is 36.4 Å². The molecule has 0 bridgehead atoms. The Morgan fingerprint density at radius 2 is 1.81 bits per heavy atom. The van der Waals surface area contributed by atoms with Gasteiger partial charge < -0.3 is 14.8 Å². The predicted molar refractivity (Wildman–Crippen MR) is 107 cm³/mol. The summed E-state index contributed by atoms with van der Waals surface area (Å²) in [5.74, 6) is 1.50. The van der Waals surface area contributed by atoms with E-state index in [1.165, 1.54) is 37.8 Å². The monoisotopic (exact) mass is 350 g/mol. The number of fused-ring (bicyclic) bond motifs is 2. The Hall–Kier alpha value is -2.49. The number of rotatable bonds is 5. The van der Waals surface area contributed by atoms with Gasteiger partial charge in [-0.25, -0.2) is 4.98 Å². The lowest BCUT2D eigenvalue weighted by Gasteiger charge is -2.25. The number of methoxy groups -OCH3 is 1. The van der Waals surface area contributed by atoms with E-state index in [4.69, 9.17) is 14.5 Å². The van der Waals surface area contributed by atoms with E-state index in [1.807, 2.05) is 19.1 Å². The van der Waals surface area contributed by atoms with E-state index < -0.39 is 0 Å². The van der Waals surface area contributed by atoms with Crippen LogP contribution in [0.2, 0.25) is 0 Å². The molecule has 0 unspecified atom stereocenters.